The van der Waals surface area contributed by atoms with Crippen molar-refractivity contribution in [1.29, 1.82) is 0 Å². The molecule has 1 aromatic heterocycles. The molecule has 4 nitrogen and oxygen atoms in total. The molecule has 124 valence electrons. The monoisotopic (exact) mass is 344 g/mol. The average molecular weight is 345 g/mol. The molecule has 2 aromatic carbocycles. The Morgan fingerprint density at radius 1 is 1.00 bits per heavy atom. The first kappa shape index (κ1) is 16.4. The van der Waals surface area contributed by atoms with Crippen LogP contribution < -0.4 is 15.1 Å². The molecule has 0 saturated heterocycles. The van der Waals surface area contributed by atoms with Crippen molar-refractivity contribution in [3.8, 4) is 22.6 Å². The maximum atomic E-state index is 12.5. The van der Waals surface area contributed by atoms with Gasteiger partial charge in [-0.1, -0.05) is 17.7 Å². The van der Waals surface area contributed by atoms with Crippen molar-refractivity contribution in [3.05, 3.63) is 56.9 Å². The lowest BCUT2D eigenvalue weighted by molar-refractivity contribution is 0.355. The molecule has 1 heterocycles. The van der Waals surface area contributed by atoms with E-state index < -0.39 is 5.63 Å². The van der Waals surface area contributed by atoms with Gasteiger partial charge in [-0.05, 0) is 54.8 Å². The summed E-state index contributed by atoms with van der Waals surface area (Å²) in [6, 6.07) is 8.94. The Hall–Kier alpha value is -2.46. The SMILES string of the molecule is COc1ccc(-c2c(C)c3cc(Cl)c(C)cc3oc2=O)cc1OC. The molecule has 0 aliphatic heterocycles. The number of halogens is 1. The summed E-state index contributed by atoms with van der Waals surface area (Å²) in [6.45, 7) is 3.76. The smallest absolute Gasteiger partial charge is 0.344 e. The van der Waals surface area contributed by atoms with Gasteiger partial charge >= 0.3 is 5.63 Å². The fourth-order valence-electron chi connectivity index (χ4n) is 2.80. The van der Waals surface area contributed by atoms with Gasteiger partial charge in [-0.25, -0.2) is 4.79 Å². The third-order valence-electron chi connectivity index (χ3n) is 4.12. The zero-order chi connectivity index (χ0) is 17.4. The maximum absolute atomic E-state index is 12.5. The van der Waals surface area contributed by atoms with Gasteiger partial charge in [-0.3, -0.25) is 0 Å². The highest BCUT2D eigenvalue weighted by molar-refractivity contribution is 6.32. The van der Waals surface area contributed by atoms with E-state index in [2.05, 4.69) is 0 Å². The number of benzene rings is 2. The molecule has 0 aliphatic carbocycles. The van der Waals surface area contributed by atoms with Gasteiger partial charge < -0.3 is 13.9 Å². The Kier molecular flexibility index (Phi) is 4.24. The van der Waals surface area contributed by atoms with E-state index in [1.165, 1.54) is 0 Å². The van der Waals surface area contributed by atoms with Crippen LogP contribution in [0.25, 0.3) is 22.1 Å². The summed E-state index contributed by atoms with van der Waals surface area (Å²) in [5.74, 6) is 1.15. The summed E-state index contributed by atoms with van der Waals surface area (Å²) >= 11 is 6.23. The fraction of sp³-hybridized carbons (Fsp3) is 0.211. The van der Waals surface area contributed by atoms with E-state index in [0.717, 1.165) is 16.5 Å². The zero-order valence-corrected chi connectivity index (χ0v) is 14.7. The van der Waals surface area contributed by atoms with E-state index in [1.807, 2.05) is 26.0 Å². The van der Waals surface area contributed by atoms with Gasteiger partial charge in [-0.15, -0.1) is 0 Å². The number of aryl methyl sites for hydroxylation is 2. The summed E-state index contributed by atoms with van der Waals surface area (Å²) in [5.41, 5.74) is 3.01. The minimum absolute atomic E-state index is 0.394. The van der Waals surface area contributed by atoms with E-state index in [9.17, 15) is 4.79 Å². The lowest BCUT2D eigenvalue weighted by atomic mass is 9.98. The Balaban J connectivity index is 2.30. The minimum Gasteiger partial charge on any atom is -0.493 e. The van der Waals surface area contributed by atoms with Crippen LogP contribution in [0.5, 0.6) is 11.5 Å². The number of ether oxygens (including phenoxy) is 2. The Morgan fingerprint density at radius 3 is 2.38 bits per heavy atom. The van der Waals surface area contributed by atoms with Crippen LogP contribution in [0, 0.1) is 13.8 Å². The summed E-state index contributed by atoms with van der Waals surface area (Å²) in [4.78, 5) is 12.5. The van der Waals surface area contributed by atoms with Crippen molar-refractivity contribution in [2.75, 3.05) is 14.2 Å². The van der Waals surface area contributed by atoms with Crippen molar-refractivity contribution in [2.45, 2.75) is 13.8 Å². The topological polar surface area (TPSA) is 48.7 Å². The van der Waals surface area contributed by atoms with Gasteiger partial charge in [0.25, 0.3) is 0 Å². The van der Waals surface area contributed by atoms with Crippen LogP contribution in [-0.2, 0) is 0 Å². The number of methoxy groups -OCH3 is 2. The molecule has 5 heteroatoms. The van der Waals surface area contributed by atoms with Crippen molar-refractivity contribution >= 4 is 22.6 Å². The molecule has 0 atom stereocenters. The molecule has 3 aromatic rings. The van der Waals surface area contributed by atoms with Gasteiger partial charge in [0.05, 0.1) is 19.8 Å². The van der Waals surface area contributed by atoms with E-state index >= 15 is 0 Å². The lowest BCUT2D eigenvalue weighted by Gasteiger charge is -2.12. The van der Waals surface area contributed by atoms with Crippen molar-refractivity contribution in [1.82, 2.24) is 0 Å². The molecule has 0 radical (unpaired) electrons. The predicted molar refractivity (Wildman–Crippen MR) is 95.5 cm³/mol. The van der Waals surface area contributed by atoms with E-state index in [-0.39, 0.29) is 0 Å². The molecule has 0 amide bonds. The Morgan fingerprint density at radius 2 is 1.71 bits per heavy atom. The van der Waals surface area contributed by atoms with Crippen LogP contribution in [0.3, 0.4) is 0 Å². The summed E-state index contributed by atoms with van der Waals surface area (Å²) in [6.07, 6.45) is 0. The van der Waals surface area contributed by atoms with Crippen molar-refractivity contribution < 1.29 is 13.9 Å². The largest absolute Gasteiger partial charge is 0.493 e. The molecule has 0 N–H and O–H groups in total. The lowest BCUT2D eigenvalue weighted by Crippen LogP contribution is -2.06. The quantitative estimate of drug-likeness (QED) is 0.643. The number of hydrogen-bond acceptors (Lipinski definition) is 4. The van der Waals surface area contributed by atoms with Crippen LogP contribution >= 0.6 is 11.6 Å². The Bertz CT molecular complexity index is 989. The average Bonchev–Trinajstić information content (AvgIpc) is 2.56. The molecule has 0 bridgehead atoms. The first-order chi connectivity index (χ1) is 11.5. The number of fused-ring (bicyclic) bond motifs is 1. The molecule has 24 heavy (non-hydrogen) atoms. The summed E-state index contributed by atoms with van der Waals surface area (Å²) < 4.78 is 16.1. The summed E-state index contributed by atoms with van der Waals surface area (Å²) in [5, 5.41) is 1.45. The molecule has 0 spiro atoms. The predicted octanol–water partition coefficient (Wildman–Crippen LogP) is 4.75. The standard InChI is InChI=1S/C19H17ClO4/c1-10-7-16-13(9-14(10)20)11(2)18(19(21)24-16)12-5-6-15(22-3)17(8-12)23-4/h5-9H,1-4H3. The van der Waals surface area contributed by atoms with Crippen molar-refractivity contribution in [3.63, 3.8) is 0 Å². The Labute approximate surface area is 144 Å². The van der Waals surface area contributed by atoms with Crippen LogP contribution in [0.4, 0.5) is 0 Å². The van der Waals surface area contributed by atoms with E-state index in [0.29, 0.717) is 33.2 Å². The molecule has 0 unspecified atom stereocenters. The van der Waals surface area contributed by atoms with Crippen LogP contribution in [0.2, 0.25) is 5.02 Å². The molecule has 0 aliphatic rings. The van der Waals surface area contributed by atoms with Gasteiger partial charge in [0, 0.05) is 10.4 Å². The zero-order valence-electron chi connectivity index (χ0n) is 13.9. The van der Waals surface area contributed by atoms with Gasteiger partial charge in [-0.2, -0.15) is 0 Å². The highest BCUT2D eigenvalue weighted by Gasteiger charge is 2.16. The molecule has 3 rings (SSSR count). The molecular formula is C19H17ClO4. The third-order valence-corrected chi connectivity index (χ3v) is 4.53. The van der Waals surface area contributed by atoms with Crippen LogP contribution in [0.15, 0.2) is 39.5 Å². The van der Waals surface area contributed by atoms with Crippen molar-refractivity contribution in [2.24, 2.45) is 0 Å². The first-order valence-electron chi connectivity index (χ1n) is 7.42. The van der Waals surface area contributed by atoms with Gasteiger partial charge in [0.2, 0.25) is 0 Å². The first-order valence-corrected chi connectivity index (χ1v) is 7.80. The minimum atomic E-state index is -0.394. The second kappa shape index (κ2) is 6.21. The fourth-order valence-corrected chi connectivity index (χ4v) is 2.96. The highest BCUT2D eigenvalue weighted by atomic mass is 35.5. The van der Waals surface area contributed by atoms with E-state index in [1.54, 1.807) is 32.4 Å². The maximum Gasteiger partial charge on any atom is 0.344 e. The number of hydrogen-bond donors (Lipinski definition) is 0. The van der Waals surface area contributed by atoms with Crippen LogP contribution in [-0.4, -0.2) is 14.2 Å². The number of rotatable bonds is 3. The van der Waals surface area contributed by atoms with Gasteiger partial charge in [0.1, 0.15) is 5.58 Å². The molecular weight excluding hydrogens is 328 g/mol. The second-order valence-corrected chi connectivity index (χ2v) is 5.96. The molecule has 0 fully saturated rings. The van der Waals surface area contributed by atoms with Gasteiger partial charge in [0.15, 0.2) is 11.5 Å². The second-order valence-electron chi connectivity index (χ2n) is 5.56. The van der Waals surface area contributed by atoms with E-state index in [4.69, 9.17) is 25.5 Å². The highest BCUT2D eigenvalue weighted by Crippen LogP contribution is 2.35. The summed E-state index contributed by atoms with van der Waals surface area (Å²) in [7, 11) is 3.12. The van der Waals surface area contributed by atoms with Crippen LogP contribution in [0.1, 0.15) is 11.1 Å². The normalized spacial score (nSPS) is 10.9. The third kappa shape index (κ3) is 2.63. The molecule has 0 saturated carbocycles.